The van der Waals surface area contributed by atoms with E-state index in [1.807, 2.05) is 0 Å². The fourth-order valence-electron chi connectivity index (χ4n) is 2.89. The van der Waals surface area contributed by atoms with Crippen molar-refractivity contribution < 1.29 is 18.4 Å². The quantitative estimate of drug-likeness (QED) is 0.576. The molecule has 9 heteroatoms. The molecule has 0 aliphatic carbocycles. The summed E-state index contributed by atoms with van der Waals surface area (Å²) in [6, 6.07) is 9.02. The molecule has 1 unspecified atom stereocenters. The van der Waals surface area contributed by atoms with Crippen LogP contribution < -0.4 is 10.6 Å². The zero-order chi connectivity index (χ0) is 21.8. The maximum atomic E-state index is 13.9. The first kappa shape index (κ1) is 21.1. The van der Waals surface area contributed by atoms with Crippen LogP contribution in [0.5, 0.6) is 0 Å². The number of carbonyl (C=O) groups excluding carboxylic acids is 2. The molecule has 0 bridgehead atoms. The Labute approximate surface area is 171 Å². The minimum absolute atomic E-state index is 0.331. The molecule has 2 aromatic carbocycles. The van der Waals surface area contributed by atoms with Crippen LogP contribution in [0.3, 0.4) is 0 Å². The first-order chi connectivity index (χ1) is 14.3. The molecule has 1 heterocycles. The summed E-state index contributed by atoms with van der Waals surface area (Å²) in [5.41, 5.74) is 0.436. The number of aromatic amines is 1. The first-order valence-corrected chi connectivity index (χ1v) is 9.31. The summed E-state index contributed by atoms with van der Waals surface area (Å²) in [6.45, 7) is 5.21. The molecule has 0 fully saturated rings. The van der Waals surface area contributed by atoms with Crippen LogP contribution in [-0.2, 0) is 4.79 Å². The molecule has 0 aliphatic heterocycles. The number of hydrogen-bond acceptors (Lipinski definition) is 4. The molecule has 0 saturated heterocycles. The number of anilines is 1. The summed E-state index contributed by atoms with van der Waals surface area (Å²) in [5, 5.41) is 12.0. The topological polar surface area (TPSA) is 99.8 Å². The fraction of sp³-hybridized carbons (Fsp3) is 0.238. The predicted octanol–water partition coefficient (Wildman–Crippen LogP) is 3.45. The molecular formula is C21H21F2N5O2. The smallest absolute Gasteiger partial charge is 0.257 e. The van der Waals surface area contributed by atoms with Gasteiger partial charge >= 0.3 is 0 Å². The van der Waals surface area contributed by atoms with Crippen LogP contribution in [0.15, 0.2) is 42.5 Å². The Bertz CT molecular complexity index is 1060. The van der Waals surface area contributed by atoms with Crippen molar-refractivity contribution in [1.29, 1.82) is 0 Å². The number of benzene rings is 2. The van der Waals surface area contributed by atoms with Crippen molar-refractivity contribution >= 4 is 17.5 Å². The molecule has 0 spiro atoms. The van der Waals surface area contributed by atoms with Gasteiger partial charge in [-0.05, 0) is 37.1 Å². The van der Waals surface area contributed by atoms with Crippen LogP contribution in [0.25, 0.3) is 11.4 Å². The summed E-state index contributed by atoms with van der Waals surface area (Å²) in [7, 11) is 0. The van der Waals surface area contributed by atoms with E-state index in [9.17, 15) is 18.4 Å². The van der Waals surface area contributed by atoms with Crippen molar-refractivity contribution in [2.24, 2.45) is 5.92 Å². The number of carbonyl (C=O) groups is 2. The Kier molecular flexibility index (Phi) is 6.20. The summed E-state index contributed by atoms with van der Waals surface area (Å²) in [5.74, 6) is -2.70. The van der Waals surface area contributed by atoms with E-state index < -0.39 is 35.1 Å². The zero-order valence-corrected chi connectivity index (χ0v) is 16.7. The SMILES string of the molecule is Cc1nc(-c2cccc(NC(=O)C(NC(=O)c3c(F)cccc3F)C(C)C)c2)n[nH]1. The van der Waals surface area contributed by atoms with Gasteiger partial charge in [-0.2, -0.15) is 5.10 Å². The third-order valence-electron chi connectivity index (χ3n) is 4.41. The van der Waals surface area contributed by atoms with Crippen molar-refractivity contribution in [3.05, 3.63) is 65.5 Å². The number of halogens is 2. The summed E-state index contributed by atoms with van der Waals surface area (Å²) < 4.78 is 27.8. The molecule has 3 N–H and O–H groups in total. The van der Waals surface area contributed by atoms with Gasteiger partial charge in [0.15, 0.2) is 5.82 Å². The van der Waals surface area contributed by atoms with Crippen LogP contribution in [0.4, 0.5) is 14.5 Å². The van der Waals surface area contributed by atoms with Crippen LogP contribution in [0.1, 0.15) is 30.0 Å². The van der Waals surface area contributed by atoms with Gasteiger partial charge in [-0.3, -0.25) is 14.7 Å². The molecule has 0 saturated carbocycles. The summed E-state index contributed by atoms with van der Waals surface area (Å²) in [6.07, 6.45) is 0. The van der Waals surface area contributed by atoms with E-state index in [1.165, 1.54) is 0 Å². The van der Waals surface area contributed by atoms with E-state index in [-0.39, 0.29) is 5.92 Å². The molecular weight excluding hydrogens is 392 g/mol. The molecule has 2 amide bonds. The van der Waals surface area contributed by atoms with E-state index in [4.69, 9.17) is 0 Å². The maximum absolute atomic E-state index is 13.9. The van der Waals surface area contributed by atoms with Gasteiger partial charge in [0.2, 0.25) is 5.91 Å². The third kappa shape index (κ3) is 4.68. The van der Waals surface area contributed by atoms with Crippen molar-refractivity contribution in [1.82, 2.24) is 20.5 Å². The molecule has 3 rings (SSSR count). The van der Waals surface area contributed by atoms with E-state index in [0.717, 1.165) is 18.2 Å². The van der Waals surface area contributed by atoms with E-state index in [2.05, 4.69) is 25.8 Å². The number of nitrogens with zero attached hydrogens (tertiary/aromatic N) is 2. The van der Waals surface area contributed by atoms with Gasteiger partial charge in [0.05, 0.1) is 0 Å². The standard InChI is InChI=1S/C21H21F2N5O2/c1-11(2)18(26-20(29)17-15(22)8-5-9-16(17)23)21(30)25-14-7-4-6-13(10-14)19-24-12(3)27-28-19/h4-11,18H,1-3H3,(H,25,30)(H,26,29)(H,24,27,28). The molecule has 0 radical (unpaired) electrons. The van der Waals surface area contributed by atoms with Crippen LogP contribution in [0.2, 0.25) is 0 Å². The largest absolute Gasteiger partial charge is 0.340 e. The minimum atomic E-state index is -1.01. The van der Waals surface area contributed by atoms with Crippen LogP contribution >= 0.6 is 0 Å². The highest BCUT2D eigenvalue weighted by Gasteiger charge is 2.27. The highest BCUT2D eigenvalue weighted by Crippen LogP contribution is 2.20. The lowest BCUT2D eigenvalue weighted by Crippen LogP contribution is -2.47. The number of hydrogen-bond donors (Lipinski definition) is 3. The Morgan fingerprint density at radius 3 is 2.33 bits per heavy atom. The molecule has 0 aliphatic rings. The molecule has 7 nitrogen and oxygen atoms in total. The lowest BCUT2D eigenvalue weighted by atomic mass is 10.0. The minimum Gasteiger partial charge on any atom is -0.340 e. The van der Waals surface area contributed by atoms with Crippen molar-refractivity contribution in [2.75, 3.05) is 5.32 Å². The second kappa shape index (κ2) is 8.81. The van der Waals surface area contributed by atoms with Gasteiger partial charge < -0.3 is 10.6 Å². The molecule has 30 heavy (non-hydrogen) atoms. The maximum Gasteiger partial charge on any atom is 0.257 e. The van der Waals surface area contributed by atoms with E-state index in [0.29, 0.717) is 22.9 Å². The van der Waals surface area contributed by atoms with Gasteiger partial charge in [0.25, 0.3) is 5.91 Å². The summed E-state index contributed by atoms with van der Waals surface area (Å²) >= 11 is 0. The van der Waals surface area contributed by atoms with Gasteiger partial charge in [0, 0.05) is 11.3 Å². The van der Waals surface area contributed by atoms with Crippen molar-refractivity contribution in [3.63, 3.8) is 0 Å². The van der Waals surface area contributed by atoms with Gasteiger partial charge in [-0.1, -0.05) is 32.0 Å². The Morgan fingerprint density at radius 1 is 1.07 bits per heavy atom. The fourth-order valence-corrected chi connectivity index (χ4v) is 2.89. The van der Waals surface area contributed by atoms with Crippen LogP contribution in [0, 0.1) is 24.5 Å². The van der Waals surface area contributed by atoms with Gasteiger partial charge in [0.1, 0.15) is 29.1 Å². The van der Waals surface area contributed by atoms with Crippen LogP contribution in [-0.4, -0.2) is 33.0 Å². The van der Waals surface area contributed by atoms with Crippen molar-refractivity contribution in [3.8, 4) is 11.4 Å². The first-order valence-electron chi connectivity index (χ1n) is 9.31. The Morgan fingerprint density at radius 2 is 1.73 bits per heavy atom. The second-order valence-corrected chi connectivity index (χ2v) is 7.11. The van der Waals surface area contributed by atoms with Gasteiger partial charge in [-0.15, -0.1) is 0 Å². The molecule has 1 aromatic heterocycles. The third-order valence-corrected chi connectivity index (χ3v) is 4.41. The number of amides is 2. The van der Waals surface area contributed by atoms with E-state index >= 15 is 0 Å². The zero-order valence-electron chi connectivity index (χ0n) is 16.7. The number of nitrogens with one attached hydrogen (secondary N) is 3. The number of aromatic nitrogens is 3. The van der Waals surface area contributed by atoms with Crippen molar-refractivity contribution in [2.45, 2.75) is 26.8 Å². The number of rotatable bonds is 6. The lowest BCUT2D eigenvalue weighted by Gasteiger charge is -2.22. The average molecular weight is 413 g/mol. The highest BCUT2D eigenvalue weighted by molar-refractivity contribution is 6.01. The molecule has 156 valence electrons. The predicted molar refractivity (Wildman–Crippen MR) is 108 cm³/mol. The second-order valence-electron chi connectivity index (χ2n) is 7.11. The monoisotopic (exact) mass is 413 g/mol. The lowest BCUT2D eigenvalue weighted by molar-refractivity contribution is -0.118. The normalized spacial score (nSPS) is 11.9. The highest BCUT2D eigenvalue weighted by atomic mass is 19.1. The Hall–Kier alpha value is -3.62. The van der Waals surface area contributed by atoms with E-state index in [1.54, 1.807) is 45.0 Å². The number of H-pyrrole nitrogens is 1. The summed E-state index contributed by atoms with van der Waals surface area (Å²) in [4.78, 5) is 29.4. The molecule has 1 atom stereocenters. The Balaban J connectivity index is 1.77. The average Bonchev–Trinajstić information content (AvgIpc) is 3.12. The van der Waals surface area contributed by atoms with Gasteiger partial charge in [-0.25, -0.2) is 13.8 Å². The number of aryl methyl sites for hydroxylation is 1. The molecule has 3 aromatic rings.